The van der Waals surface area contributed by atoms with Gasteiger partial charge in [0, 0.05) is 20.4 Å². The van der Waals surface area contributed by atoms with Crippen molar-refractivity contribution < 1.29 is 20.4 Å². The quantitative estimate of drug-likeness (QED) is 0.0381. The summed E-state index contributed by atoms with van der Waals surface area (Å²) in [5.74, 6) is 0. The van der Waals surface area contributed by atoms with E-state index in [9.17, 15) is 0 Å². The van der Waals surface area contributed by atoms with E-state index >= 15 is 0 Å². The van der Waals surface area contributed by atoms with Crippen molar-refractivity contribution in [2.75, 3.05) is 0 Å². The number of benzene rings is 2. The molecule has 0 unspecified atom stereocenters. The minimum atomic E-state index is 0. The van der Waals surface area contributed by atoms with Crippen molar-refractivity contribution in [2.45, 2.75) is 241 Å². The second-order valence-electron chi connectivity index (χ2n) is 16.3. The zero-order chi connectivity index (χ0) is 38.2. The van der Waals surface area contributed by atoms with Gasteiger partial charge in [0.15, 0.2) is 0 Å². The van der Waals surface area contributed by atoms with E-state index in [2.05, 4.69) is 77.9 Å². The van der Waals surface area contributed by atoms with Gasteiger partial charge in [-0.25, -0.2) is 0 Å². The van der Waals surface area contributed by atoms with E-state index in [-0.39, 0.29) is 20.4 Å². The molecule has 0 atom stereocenters. The standard InChI is InChI=1S/C51H86N2.Pd/c1-7-13-19-20-21-22-23-24-25-26-27-28-29-30-31-37-51(53-49-42-46(34-16-10-4)39-47(43-49)35-17-11-5)50(36-18-12-6)52-48-40-44(32-14-8-2)38-45(41-48)33-15-9-3;/h38-43H,7-37H2,1-6H3;. The average Bonchev–Trinajstić information content (AvgIpc) is 3.17. The number of unbranched alkanes of at least 4 members (excludes halogenated alkanes) is 19. The van der Waals surface area contributed by atoms with E-state index in [0.29, 0.717) is 0 Å². The molecular formula is C51H86N2Pd. The molecule has 0 spiro atoms. The van der Waals surface area contributed by atoms with Gasteiger partial charge in [-0.15, -0.1) is 0 Å². The van der Waals surface area contributed by atoms with Crippen molar-refractivity contribution >= 4 is 22.8 Å². The number of aliphatic imine (C=N–C) groups is 2. The van der Waals surface area contributed by atoms with Crippen LogP contribution in [0.15, 0.2) is 46.4 Å². The summed E-state index contributed by atoms with van der Waals surface area (Å²) in [5.41, 5.74) is 10.6. The van der Waals surface area contributed by atoms with Gasteiger partial charge in [0.2, 0.25) is 0 Å². The fourth-order valence-corrected chi connectivity index (χ4v) is 7.57. The fraction of sp³-hybridized carbons (Fsp3) is 0.725. The summed E-state index contributed by atoms with van der Waals surface area (Å²) in [7, 11) is 0. The molecule has 2 nitrogen and oxygen atoms in total. The smallest absolute Gasteiger partial charge is 0.0639 e. The Morgan fingerprint density at radius 1 is 0.315 bits per heavy atom. The fourth-order valence-electron chi connectivity index (χ4n) is 7.57. The maximum atomic E-state index is 5.58. The Kier molecular flexibility index (Phi) is 32.4. The number of hydrogen-bond acceptors (Lipinski definition) is 2. The van der Waals surface area contributed by atoms with Gasteiger partial charge < -0.3 is 0 Å². The van der Waals surface area contributed by atoms with E-state index in [1.54, 1.807) is 0 Å². The Labute approximate surface area is 350 Å². The maximum absolute atomic E-state index is 5.58. The van der Waals surface area contributed by atoms with Crippen molar-refractivity contribution in [3.05, 3.63) is 58.7 Å². The molecule has 0 radical (unpaired) electrons. The van der Waals surface area contributed by atoms with Crippen molar-refractivity contribution in [2.24, 2.45) is 9.98 Å². The van der Waals surface area contributed by atoms with E-state index in [4.69, 9.17) is 9.98 Å². The van der Waals surface area contributed by atoms with Gasteiger partial charge in [-0.1, -0.05) is 176 Å². The van der Waals surface area contributed by atoms with Crippen LogP contribution in [0, 0.1) is 0 Å². The molecule has 2 aromatic rings. The molecule has 0 aliphatic carbocycles. The summed E-state index contributed by atoms with van der Waals surface area (Å²) in [6.45, 7) is 13.8. The van der Waals surface area contributed by atoms with Crippen LogP contribution in [0.25, 0.3) is 0 Å². The molecule has 0 saturated heterocycles. The van der Waals surface area contributed by atoms with Crippen molar-refractivity contribution in [1.29, 1.82) is 0 Å². The first-order valence-corrected chi connectivity index (χ1v) is 23.5. The third-order valence-electron chi connectivity index (χ3n) is 11.0. The summed E-state index contributed by atoms with van der Waals surface area (Å²) >= 11 is 0. The molecule has 2 aromatic carbocycles. The normalized spacial score (nSPS) is 12.0. The van der Waals surface area contributed by atoms with Crippen molar-refractivity contribution in [3.63, 3.8) is 0 Å². The first kappa shape index (κ1) is 50.5. The van der Waals surface area contributed by atoms with Gasteiger partial charge in [-0.3, -0.25) is 9.98 Å². The van der Waals surface area contributed by atoms with Crippen LogP contribution in [0.1, 0.15) is 237 Å². The minimum absolute atomic E-state index is 0. The molecule has 54 heavy (non-hydrogen) atoms. The van der Waals surface area contributed by atoms with Crippen LogP contribution in [0.3, 0.4) is 0 Å². The largest absolute Gasteiger partial charge is 0.252 e. The minimum Gasteiger partial charge on any atom is -0.252 e. The summed E-state index contributed by atoms with van der Waals surface area (Å²) in [6.07, 6.45) is 39.8. The molecule has 0 fully saturated rings. The Bertz CT molecular complexity index is 1190. The van der Waals surface area contributed by atoms with Crippen LogP contribution < -0.4 is 0 Å². The Hall–Kier alpha value is -1.56. The third-order valence-corrected chi connectivity index (χ3v) is 11.0. The maximum Gasteiger partial charge on any atom is 0.0639 e. The first-order valence-electron chi connectivity index (χ1n) is 23.5. The molecule has 0 aromatic heterocycles. The van der Waals surface area contributed by atoms with Crippen LogP contribution >= 0.6 is 0 Å². The van der Waals surface area contributed by atoms with E-state index in [1.165, 1.54) is 188 Å². The van der Waals surface area contributed by atoms with E-state index in [1.807, 2.05) is 0 Å². The van der Waals surface area contributed by atoms with Crippen molar-refractivity contribution in [3.8, 4) is 0 Å². The molecule has 0 aliphatic rings. The molecule has 2 rings (SSSR count). The number of rotatable bonds is 34. The zero-order valence-corrected chi connectivity index (χ0v) is 38.1. The monoisotopic (exact) mass is 833 g/mol. The predicted molar refractivity (Wildman–Crippen MR) is 241 cm³/mol. The molecule has 3 heteroatoms. The SMILES string of the molecule is CCCCCCCCCCCCCCCCCC(=Nc1cc(CCCC)cc(CCCC)c1)C(CCCC)=Nc1cc(CCCC)cc(CCCC)c1.[Pd]. The molecule has 0 saturated carbocycles. The summed E-state index contributed by atoms with van der Waals surface area (Å²) in [5, 5.41) is 0. The molecule has 0 N–H and O–H groups in total. The second kappa shape index (κ2) is 34.7. The topological polar surface area (TPSA) is 24.7 Å². The molecule has 0 bridgehead atoms. The Morgan fingerprint density at radius 3 is 0.870 bits per heavy atom. The van der Waals surface area contributed by atoms with Gasteiger partial charge in [0.1, 0.15) is 0 Å². The Balaban J connectivity index is 0.0000146. The van der Waals surface area contributed by atoms with E-state index < -0.39 is 0 Å². The third kappa shape index (κ3) is 24.2. The molecule has 0 aliphatic heterocycles. The van der Waals surface area contributed by atoms with Crippen LogP contribution in [0.5, 0.6) is 0 Å². The first-order chi connectivity index (χ1) is 26.1. The zero-order valence-electron chi connectivity index (χ0n) is 36.6. The van der Waals surface area contributed by atoms with Crippen LogP contribution in [0.2, 0.25) is 0 Å². The number of hydrogen-bond donors (Lipinski definition) is 0. The molecule has 0 amide bonds. The summed E-state index contributed by atoms with van der Waals surface area (Å²) in [4.78, 5) is 11.1. The predicted octanol–water partition coefficient (Wildman–Crippen LogP) is 17.4. The van der Waals surface area contributed by atoms with Crippen molar-refractivity contribution in [1.82, 2.24) is 0 Å². The van der Waals surface area contributed by atoms with Crippen LogP contribution in [0.4, 0.5) is 11.4 Å². The van der Waals surface area contributed by atoms with Gasteiger partial charge in [-0.05, 0) is 124 Å². The second-order valence-corrected chi connectivity index (χ2v) is 16.3. The van der Waals surface area contributed by atoms with Crippen LogP contribution in [-0.2, 0) is 46.1 Å². The Morgan fingerprint density at radius 2 is 0.574 bits per heavy atom. The van der Waals surface area contributed by atoms with Gasteiger partial charge in [0.25, 0.3) is 0 Å². The number of nitrogens with zero attached hydrogens (tertiary/aromatic N) is 2. The average molecular weight is 834 g/mol. The van der Waals surface area contributed by atoms with E-state index in [0.717, 1.165) is 56.3 Å². The summed E-state index contributed by atoms with van der Waals surface area (Å²) in [6, 6.07) is 14.5. The van der Waals surface area contributed by atoms with Gasteiger partial charge in [0.05, 0.1) is 22.8 Å². The molecular weight excluding hydrogens is 747 g/mol. The number of aryl methyl sites for hydroxylation is 4. The molecule has 310 valence electrons. The molecule has 0 heterocycles. The van der Waals surface area contributed by atoms with Crippen LogP contribution in [-0.4, -0.2) is 11.4 Å². The summed E-state index contributed by atoms with van der Waals surface area (Å²) < 4.78 is 0. The van der Waals surface area contributed by atoms with Gasteiger partial charge in [-0.2, -0.15) is 0 Å². The van der Waals surface area contributed by atoms with Gasteiger partial charge >= 0.3 is 0 Å².